The summed E-state index contributed by atoms with van der Waals surface area (Å²) in [6, 6.07) is 48.7. The van der Waals surface area contributed by atoms with Crippen molar-refractivity contribution in [1.29, 1.82) is 0 Å². The van der Waals surface area contributed by atoms with Gasteiger partial charge in [-0.15, -0.1) is 0 Å². The number of rotatable bonds is 10. The van der Waals surface area contributed by atoms with E-state index in [-0.39, 0.29) is 35.1 Å². The summed E-state index contributed by atoms with van der Waals surface area (Å²) in [6.07, 6.45) is 0. The molecule has 0 saturated heterocycles. The van der Waals surface area contributed by atoms with Crippen LogP contribution in [-0.4, -0.2) is 11.4 Å². The van der Waals surface area contributed by atoms with E-state index in [0.717, 1.165) is 83.4 Å². The van der Waals surface area contributed by atoms with E-state index in [4.69, 9.17) is 9.98 Å². The molecule has 0 fully saturated rings. The topological polar surface area (TPSA) is 24.7 Å². The van der Waals surface area contributed by atoms with Crippen molar-refractivity contribution >= 4 is 33.6 Å². The van der Waals surface area contributed by atoms with Gasteiger partial charge in [0.05, 0.1) is 22.8 Å². The normalized spacial score (nSPS) is 13.8. The lowest BCUT2D eigenvalue weighted by Gasteiger charge is -2.27. The predicted molar refractivity (Wildman–Crippen MR) is 250 cm³/mol. The van der Waals surface area contributed by atoms with E-state index in [2.05, 4.69) is 88.4 Å². The van der Waals surface area contributed by atoms with Crippen LogP contribution in [0.4, 0.5) is 28.9 Å². The molecule has 8 aromatic rings. The summed E-state index contributed by atoms with van der Waals surface area (Å²) < 4.78 is 58.8. The van der Waals surface area contributed by atoms with Gasteiger partial charge in [-0.2, -0.15) is 0 Å². The smallest absolute Gasteiger partial charge is 0.123 e. The van der Waals surface area contributed by atoms with Crippen LogP contribution in [0.25, 0.3) is 10.8 Å². The maximum atomic E-state index is 14.7. The fraction of sp³-hybridized carbons (Fsp3) is 0.158. The highest BCUT2D eigenvalue weighted by Gasteiger charge is 2.32. The maximum absolute atomic E-state index is 14.7. The zero-order valence-corrected chi connectivity index (χ0v) is 35.8. The number of para-hydroxylation sites is 1. The van der Waals surface area contributed by atoms with Crippen LogP contribution >= 0.6 is 0 Å². The molecule has 2 nitrogen and oxygen atoms in total. The molecule has 6 heteroatoms. The van der Waals surface area contributed by atoms with E-state index in [1.54, 1.807) is 48.5 Å². The van der Waals surface area contributed by atoms with E-state index in [0.29, 0.717) is 11.4 Å². The summed E-state index contributed by atoms with van der Waals surface area (Å²) in [4.78, 5) is 11.5. The van der Waals surface area contributed by atoms with E-state index in [1.165, 1.54) is 48.5 Å². The molecular formula is C57H46F4N2. The molecule has 0 aromatic heterocycles. The molecule has 1 aliphatic carbocycles. The minimum absolute atomic E-state index is 0.192. The van der Waals surface area contributed by atoms with Gasteiger partial charge in [0, 0.05) is 28.3 Å². The fourth-order valence-corrected chi connectivity index (χ4v) is 9.21. The largest absolute Gasteiger partial charge is 0.245 e. The molecule has 8 aromatic carbocycles. The number of nitrogens with zero attached hydrogens (tertiary/aromatic N) is 2. The molecule has 0 atom stereocenters. The van der Waals surface area contributed by atoms with Crippen molar-refractivity contribution in [2.45, 2.75) is 58.3 Å². The lowest BCUT2D eigenvalue weighted by molar-refractivity contribution is 0.625. The number of halogens is 4. The van der Waals surface area contributed by atoms with Crippen LogP contribution < -0.4 is 0 Å². The van der Waals surface area contributed by atoms with E-state index >= 15 is 0 Å². The lowest BCUT2D eigenvalue weighted by atomic mass is 9.78. The Bertz CT molecular complexity index is 2800. The minimum Gasteiger partial charge on any atom is -0.245 e. The van der Waals surface area contributed by atoms with Crippen LogP contribution in [0.2, 0.25) is 0 Å². The Morgan fingerprint density at radius 3 is 1.03 bits per heavy atom. The molecule has 0 unspecified atom stereocenters. The summed E-state index contributed by atoms with van der Waals surface area (Å²) in [6.45, 7) is 10.7. The minimum atomic E-state index is -0.541. The van der Waals surface area contributed by atoms with Gasteiger partial charge in [-0.05, 0) is 117 Å². The van der Waals surface area contributed by atoms with Crippen LogP contribution in [0.3, 0.4) is 0 Å². The third-order valence-electron chi connectivity index (χ3n) is 12.2. The third-order valence-corrected chi connectivity index (χ3v) is 12.2. The summed E-state index contributed by atoms with van der Waals surface area (Å²) in [5, 5.41) is 2.10. The Kier molecular flexibility index (Phi) is 11.2. The summed E-state index contributed by atoms with van der Waals surface area (Å²) in [5.41, 5.74) is 12.7. The molecule has 0 aliphatic heterocycles. The molecule has 0 bridgehead atoms. The number of hydrogen-bond acceptors (Lipinski definition) is 2. The Labute approximate surface area is 366 Å². The monoisotopic (exact) mass is 834 g/mol. The number of hydrogen-bond donors (Lipinski definition) is 0. The molecule has 0 heterocycles. The predicted octanol–water partition coefficient (Wildman–Crippen LogP) is 15.6. The van der Waals surface area contributed by atoms with Gasteiger partial charge in [-0.3, -0.25) is 0 Å². The molecule has 0 radical (unpaired) electrons. The average molecular weight is 835 g/mol. The van der Waals surface area contributed by atoms with Gasteiger partial charge in [0.15, 0.2) is 0 Å². The summed E-state index contributed by atoms with van der Waals surface area (Å²) in [5.74, 6) is -2.22. The molecule has 0 N–H and O–H groups in total. The number of aryl methyl sites for hydroxylation is 1. The Hall–Kier alpha value is -6.92. The van der Waals surface area contributed by atoms with Crippen LogP contribution in [0.15, 0.2) is 174 Å². The van der Waals surface area contributed by atoms with Crippen molar-refractivity contribution in [2.75, 3.05) is 0 Å². The van der Waals surface area contributed by atoms with Crippen LogP contribution in [0.1, 0.15) is 113 Å². The second kappa shape index (κ2) is 17.1. The highest BCUT2D eigenvalue weighted by atomic mass is 19.1. The Morgan fingerprint density at radius 1 is 0.381 bits per heavy atom. The average Bonchev–Trinajstić information content (AvgIpc) is 3.57. The molecule has 0 spiro atoms. The van der Waals surface area contributed by atoms with Gasteiger partial charge in [0.25, 0.3) is 0 Å². The SMILES string of the molecule is Cc1cc(C(c2ccc(F)cc2)c2ccc(F)cc2)c(N=C2C(=Nc3c(C(C)C)cccc3C(C)C)c3cccc4cccc2c34)c(C(c2ccc(F)cc2)c2ccc(F)cc2)c1. The van der Waals surface area contributed by atoms with Gasteiger partial charge in [0.1, 0.15) is 23.3 Å². The fourth-order valence-electron chi connectivity index (χ4n) is 9.21. The zero-order valence-electron chi connectivity index (χ0n) is 35.8. The van der Waals surface area contributed by atoms with Crippen molar-refractivity contribution in [3.8, 4) is 0 Å². The van der Waals surface area contributed by atoms with Gasteiger partial charge in [0.2, 0.25) is 0 Å². The molecule has 63 heavy (non-hydrogen) atoms. The highest BCUT2D eigenvalue weighted by Crippen LogP contribution is 2.47. The number of benzene rings is 8. The molecule has 0 amide bonds. The highest BCUT2D eigenvalue weighted by molar-refractivity contribution is 6.61. The zero-order chi connectivity index (χ0) is 43.9. The van der Waals surface area contributed by atoms with Gasteiger partial charge >= 0.3 is 0 Å². The van der Waals surface area contributed by atoms with Crippen LogP contribution in [0.5, 0.6) is 0 Å². The molecule has 9 rings (SSSR count). The lowest BCUT2D eigenvalue weighted by Crippen LogP contribution is -2.14. The third kappa shape index (κ3) is 8.02. The van der Waals surface area contributed by atoms with E-state index < -0.39 is 11.8 Å². The van der Waals surface area contributed by atoms with Crippen molar-refractivity contribution < 1.29 is 17.6 Å². The van der Waals surface area contributed by atoms with Crippen molar-refractivity contribution in [1.82, 2.24) is 0 Å². The first-order valence-corrected chi connectivity index (χ1v) is 21.4. The van der Waals surface area contributed by atoms with E-state index in [1.807, 2.05) is 13.0 Å². The summed E-state index contributed by atoms with van der Waals surface area (Å²) >= 11 is 0. The van der Waals surface area contributed by atoms with Crippen molar-refractivity contribution in [3.05, 3.63) is 248 Å². The van der Waals surface area contributed by atoms with E-state index in [9.17, 15) is 17.6 Å². The quantitative estimate of drug-likeness (QED) is 0.0969. The molecule has 312 valence electrons. The van der Waals surface area contributed by atoms with Crippen LogP contribution in [-0.2, 0) is 0 Å². The van der Waals surface area contributed by atoms with Crippen molar-refractivity contribution in [3.63, 3.8) is 0 Å². The van der Waals surface area contributed by atoms with Crippen LogP contribution in [0, 0.1) is 30.2 Å². The first-order valence-electron chi connectivity index (χ1n) is 21.4. The first kappa shape index (κ1) is 41.4. The second-order valence-electron chi connectivity index (χ2n) is 17.1. The van der Waals surface area contributed by atoms with Gasteiger partial charge < -0.3 is 0 Å². The number of aliphatic imine (C=N–C) groups is 2. The molecule has 0 saturated carbocycles. The van der Waals surface area contributed by atoms with Gasteiger partial charge in [-0.25, -0.2) is 27.5 Å². The summed E-state index contributed by atoms with van der Waals surface area (Å²) in [7, 11) is 0. The Morgan fingerprint density at radius 2 is 0.698 bits per heavy atom. The molecule has 1 aliphatic rings. The Balaban J connectivity index is 1.43. The van der Waals surface area contributed by atoms with Crippen molar-refractivity contribution in [2.24, 2.45) is 9.98 Å². The maximum Gasteiger partial charge on any atom is 0.123 e. The first-order chi connectivity index (χ1) is 30.4. The van der Waals surface area contributed by atoms with Gasteiger partial charge in [-0.1, -0.05) is 149 Å². The molecular weight excluding hydrogens is 789 g/mol. The standard InChI is InChI=1S/C57H46F4N2/c1-33(2)45-11-8-12-46(34(3)4)54(45)62-56-47-13-6-9-36-10-7-14-48(53(36)47)57(56)63-55-49(51(37-15-23-41(58)24-16-37)38-17-25-42(59)26-18-38)31-35(5)32-50(55)52(39-19-27-43(60)28-20-39)40-21-29-44(61)30-22-40/h6-34,51-52H,1-5H3. The second-order valence-corrected chi connectivity index (χ2v) is 17.1.